The van der Waals surface area contributed by atoms with Crippen LogP contribution in [0.4, 0.5) is 0 Å². The van der Waals surface area contributed by atoms with Crippen molar-refractivity contribution in [1.82, 2.24) is 5.32 Å². The number of aliphatic imine (C=N–C) groups is 1. The van der Waals surface area contributed by atoms with E-state index in [1.165, 1.54) is 18.4 Å². The lowest BCUT2D eigenvalue weighted by Crippen LogP contribution is -2.13. The summed E-state index contributed by atoms with van der Waals surface area (Å²) in [4.78, 5) is 4.65. The Labute approximate surface area is 138 Å². The number of hydrogen-bond acceptors (Lipinski definition) is 2. The van der Waals surface area contributed by atoms with Crippen molar-refractivity contribution in [1.29, 1.82) is 0 Å². The number of nitrogens with one attached hydrogen (secondary N) is 1. The van der Waals surface area contributed by atoms with Crippen LogP contribution in [-0.2, 0) is 0 Å². The van der Waals surface area contributed by atoms with Crippen LogP contribution in [0, 0.1) is 11.3 Å². The Morgan fingerprint density at radius 1 is 1.36 bits per heavy atom. The fourth-order valence-electron chi connectivity index (χ4n) is 2.42. The highest BCUT2D eigenvalue weighted by Gasteiger charge is 2.17. The van der Waals surface area contributed by atoms with Gasteiger partial charge in [-0.25, -0.2) is 0 Å². The van der Waals surface area contributed by atoms with Crippen molar-refractivity contribution in [2.45, 2.75) is 60.3 Å². The minimum absolute atomic E-state index is 0.206. The number of hydrogen-bond donors (Lipinski definition) is 1. The van der Waals surface area contributed by atoms with E-state index >= 15 is 0 Å². The zero-order valence-corrected chi connectivity index (χ0v) is 15.6. The van der Waals surface area contributed by atoms with E-state index < -0.39 is 0 Å². The third-order valence-electron chi connectivity index (χ3n) is 4.12. The summed E-state index contributed by atoms with van der Waals surface area (Å²) >= 11 is 0. The molecular weight excluding hydrogens is 268 g/mol. The molecule has 0 spiro atoms. The van der Waals surface area contributed by atoms with Crippen LogP contribution in [0.15, 0.2) is 41.6 Å². The molecule has 0 bridgehead atoms. The first kappa shape index (κ1) is 20.7. The van der Waals surface area contributed by atoms with E-state index in [0.29, 0.717) is 12.5 Å². The van der Waals surface area contributed by atoms with Crippen LogP contribution in [0.1, 0.15) is 60.3 Å². The number of rotatable bonds is 11. The molecule has 1 N–H and O–H groups in total. The minimum atomic E-state index is 0.206. The van der Waals surface area contributed by atoms with E-state index in [9.17, 15) is 0 Å². The average Bonchev–Trinajstić information content (AvgIpc) is 2.48. The van der Waals surface area contributed by atoms with Crippen LogP contribution >= 0.6 is 0 Å². The Balaban J connectivity index is 4.84. The molecular formula is C20H36N2. The minimum Gasteiger partial charge on any atom is -0.390 e. The Kier molecular flexibility index (Phi) is 9.80. The van der Waals surface area contributed by atoms with Gasteiger partial charge in [-0.1, -0.05) is 46.4 Å². The maximum atomic E-state index is 4.65. The van der Waals surface area contributed by atoms with Crippen LogP contribution in [0.3, 0.4) is 0 Å². The fraction of sp³-hybridized carbons (Fsp3) is 0.650. The molecule has 1 atom stereocenters. The second-order valence-corrected chi connectivity index (χ2v) is 6.94. The van der Waals surface area contributed by atoms with Crippen molar-refractivity contribution >= 4 is 5.71 Å². The summed E-state index contributed by atoms with van der Waals surface area (Å²) < 4.78 is 0. The molecule has 0 aliphatic rings. The molecule has 0 aromatic carbocycles. The lowest BCUT2D eigenvalue weighted by molar-refractivity contribution is 0.371. The summed E-state index contributed by atoms with van der Waals surface area (Å²) in [6, 6.07) is 0. The molecule has 0 radical (unpaired) electrons. The Morgan fingerprint density at radius 2 is 2.00 bits per heavy atom. The van der Waals surface area contributed by atoms with Crippen molar-refractivity contribution in [2.24, 2.45) is 16.3 Å². The highest BCUT2D eigenvalue weighted by molar-refractivity contribution is 5.98. The molecule has 2 nitrogen and oxygen atoms in total. The molecule has 0 fully saturated rings. The molecule has 126 valence electrons. The molecule has 2 heteroatoms. The standard InChI is InChI=1S/C20H36N2/c1-9-11-16(3)12-13-20(6,7)14-19(10-2)18(5)22-15-17(4)21-8/h9,14,16,21H,1,4,10-13,15H2,2-3,5-8H3/b19-14+,22-18?. The first-order valence-corrected chi connectivity index (χ1v) is 8.45. The lowest BCUT2D eigenvalue weighted by Gasteiger charge is -2.24. The van der Waals surface area contributed by atoms with E-state index in [2.05, 4.69) is 64.2 Å². The number of likely N-dealkylation sites (N-methyl/N-ethyl adjacent to an activating group) is 1. The van der Waals surface area contributed by atoms with Crippen LogP contribution in [-0.4, -0.2) is 19.3 Å². The van der Waals surface area contributed by atoms with Gasteiger partial charge in [-0.3, -0.25) is 4.99 Å². The zero-order chi connectivity index (χ0) is 17.2. The Morgan fingerprint density at radius 3 is 2.50 bits per heavy atom. The quantitative estimate of drug-likeness (QED) is 0.393. The second-order valence-electron chi connectivity index (χ2n) is 6.94. The zero-order valence-electron chi connectivity index (χ0n) is 15.6. The summed E-state index contributed by atoms with van der Waals surface area (Å²) in [6.45, 7) is 19.7. The first-order chi connectivity index (χ1) is 10.3. The predicted octanol–water partition coefficient (Wildman–Crippen LogP) is 5.54. The van der Waals surface area contributed by atoms with Gasteiger partial charge in [0.15, 0.2) is 0 Å². The van der Waals surface area contributed by atoms with Crippen LogP contribution in [0.2, 0.25) is 0 Å². The van der Waals surface area contributed by atoms with Gasteiger partial charge in [-0.15, -0.1) is 6.58 Å². The van der Waals surface area contributed by atoms with Gasteiger partial charge in [-0.2, -0.15) is 0 Å². The number of nitrogens with zero attached hydrogens (tertiary/aromatic N) is 1. The predicted molar refractivity (Wildman–Crippen MR) is 102 cm³/mol. The van der Waals surface area contributed by atoms with Gasteiger partial charge in [-0.05, 0) is 49.5 Å². The van der Waals surface area contributed by atoms with Crippen LogP contribution < -0.4 is 5.32 Å². The lowest BCUT2D eigenvalue weighted by atomic mass is 9.82. The van der Waals surface area contributed by atoms with Gasteiger partial charge >= 0.3 is 0 Å². The maximum absolute atomic E-state index is 4.65. The van der Waals surface area contributed by atoms with E-state index in [-0.39, 0.29) is 5.41 Å². The summed E-state index contributed by atoms with van der Waals surface area (Å²) in [7, 11) is 1.89. The van der Waals surface area contributed by atoms with E-state index in [4.69, 9.17) is 0 Å². The number of allylic oxidation sites excluding steroid dienone is 3. The molecule has 0 amide bonds. The van der Waals surface area contributed by atoms with Gasteiger partial charge in [0, 0.05) is 18.5 Å². The van der Waals surface area contributed by atoms with Crippen molar-refractivity contribution in [3.8, 4) is 0 Å². The fourth-order valence-corrected chi connectivity index (χ4v) is 2.42. The Hall–Kier alpha value is -1.31. The molecule has 0 aromatic rings. The van der Waals surface area contributed by atoms with E-state index in [1.54, 1.807) is 0 Å². The summed E-state index contributed by atoms with van der Waals surface area (Å²) in [5, 5.41) is 3.04. The van der Waals surface area contributed by atoms with E-state index in [1.807, 2.05) is 13.1 Å². The SMILES string of the molecule is C=CCC(C)CCC(C)(C)/C=C(\CC)C(C)=NCC(=C)NC. The molecule has 0 aromatic heterocycles. The summed E-state index contributed by atoms with van der Waals surface area (Å²) in [5.41, 5.74) is 3.64. The van der Waals surface area contributed by atoms with Crippen molar-refractivity contribution in [2.75, 3.05) is 13.6 Å². The topological polar surface area (TPSA) is 24.4 Å². The van der Waals surface area contributed by atoms with Gasteiger partial charge in [0.1, 0.15) is 0 Å². The van der Waals surface area contributed by atoms with Gasteiger partial charge in [0.2, 0.25) is 0 Å². The highest BCUT2D eigenvalue weighted by atomic mass is 14.9. The monoisotopic (exact) mass is 304 g/mol. The van der Waals surface area contributed by atoms with Gasteiger partial charge in [0.25, 0.3) is 0 Å². The van der Waals surface area contributed by atoms with Gasteiger partial charge in [0.05, 0.1) is 6.54 Å². The molecule has 0 aliphatic heterocycles. The molecule has 0 rings (SSSR count). The Bertz CT molecular complexity index is 413. The molecule has 0 aliphatic carbocycles. The second kappa shape index (κ2) is 10.4. The first-order valence-electron chi connectivity index (χ1n) is 8.45. The highest BCUT2D eigenvalue weighted by Crippen LogP contribution is 2.29. The van der Waals surface area contributed by atoms with Gasteiger partial charge < -0.3 is 5.32 Å². The largest absolute Gasteiger partial charge is 0.390 e. The van der Waals surface area contributed by atoms with Crippen LogP contribution in [0.5, 0.6) is 0 Å². The molecule has 0 saturated carbocycles. The molecule has 1 unspecified atom stereocenters. The third-order valence-corrected chi connectivity index (χ3v) is 4.12. The molecule has 22 heavy (non-hydrogen) atoms. The third kappa shape index (κ3) is 8.86. The maximum Gasteiger partial charge on any atom is 0.0783 e. The van der Waals surface area contributed by atoms with E-state index in [0.717, 1.165) is 24.3 Å². The van der Waals surface area contributed by atoms with Crippen molar-refractivity contribution in [3.05, 3.63) is 36.6 Å². The molecule has 0 saturated heterocycles. The average molecular weight is 305 g/mol. The smallest absolute Gasteiger partial charge is 0.0783 e. The van der Waals surface area contributed by atoms with Crippen molar-refractivity contribution in [3.63, 3.8) is 0 Å². The summed E-state index contributed by atoms with van der Waals surface area (Å²) in [6.07, 6.45) is 8.99. The molecule has 0 heterocycles. The normalized spacial score (nSPS) is 14.6. The summed E-state index contributed by atoms with van der Waals surface area (Å²) in [5.74, 6) is 0.712. The van der Waals surface area contributed by atoms with Crippen LogP contribution in [0.25, 0.3) is 0 Å². The van der Waals surface area contributed by atoms with Crippen molar-refractivity contribution < 1.29 is 0 Å².